The zero-order valence-corrected chi connectivity index (χ0v) is 30.2. The van der Waals surface area contributed by atoms with Crippen molar-refractivity contribution in [2.75, 3.05) is 27.2 Å². The van der Waals surface area contributed by atoms with Gasteiger partial charge in [0.25, 0.3) is 11.8 Å². The third-order valence-electron chi connectivity index (χ3n) is 11.3. The Kier molecular flexibility index (Phi) is 10.9. The number of fused-ring (bicyclic) bond motifs is 1. The van der Waals surface area contributed by atoms with Crippen LogP contribution in [-0.4, -0.2) is 70.7 Å². The van der Waals surface area contributed by atoms with Gasteiger partial charge in [-0.05, 0) is 53.5 Å². The third kappa shape index (κ3) is 7.18. The molecule has 1 aliphatic carbocycles. The van der Waals surface area contributed by atoms with Crippen molar-refractivity contribution in [3.05, 3.63) is 162 Å². The van der Waals surface area contributed by atoms with Crippen LogP contribution < -0.4 is 5.32 Å². The summed E-state index contributed by atoms with van der Waals surface area (Å²) in [5.41, 5.74) is 4.07. The molecule has 1 aliphatic heterocycles. The van der Waals surface area contributed by atoms with Crippen LogP contribution in [0, 0.1) is 11.8 Å². The summed E-state index contributed by atoms with van der Waals surface area (Å²) in [6, 6.07) is 40.4. The van der Waals surface area contributed by atoms with Crippen molar-refractivity contribution in [2.45, 2.75) is 56.1 Å². The minimum Gasteiger partial charge on any atom is -0.334 e. The van der Waals surface area contributed by atoms with E-state index < -0.39 is 11.6 Å². The molecule has 8 nitrogen and oxygen atoms in total. The smallest absolute Gasteiger partial charge is 0.263 e. The molecule has 268 valence electrons. The summed E-state index contributed by atoms with van der Waals surface area (Å²) in [6.07, 6.45) is 10.1. The largest absolute Gasteiger partial charge is 0.334 e. The molecule has 4 aromatic carbocycles. The van der Waals surface area contributed by atoms with Gasteiger partial charge in [0.2, 0.25) is 0 Å². The van der Waals surface area contributed by atoms with Crippen LogP contribution in [0.1, 0.15) is 64.8 Å². The van der Waals surface area contributed by atoms with E-state index in [9.17, 15) is 9.59 Å². The fourth-order valence-corrected chi connectivity index (χ4v) is 8.58. The monoisotopic (exact) mass is 695 g/mol. The summed E-state index contributed by atoms with van der Waals surface area (Å²) in [5, 5.41) is 4.89. The Hall–Kier alpha value is -5.05. The van der Waals surface area contributed by atoms with Gasteiger partial charge in [0.05, 0.1) is 25.2 Å². The number of hydrogen-bond acceptors (Lipinski definition) is 5. The van der Waals surface area contributed by atoms with E-state index in [1.807, 2.05) is 54.9 Å². The SMILES string of the molecule is CON(C)C(=O)C(Cc1cn(C(c2ccccc2)(c2ccccc2)c2ccccc2)cn1)NC[C@H]1C[C@@H]2CCCC[C@H]2CN1C(=O)c1ccccc1. The summed E-state index contributed by atoms with van der Waals surface area (Å²) in [6.45, 7) is 1.25. The Labute approximate surface area is 307 Å². The number of nitrogens with one attached hydrogen (secondary N) is 1. The van der Waals surface area contributed by atoms with E-state index in [0.29, 0.717) is 30.4 Å². The molecular formula is C44H49N5O3. The van der Waals surface area contributed by atoms with E-state index in [0.717, 1.165) is 35.3 Å². The summed E-state index contributed by atoms with van der Waals surface area (Å²) in [5.74, 6) is 0.989. The molecule has 52 heavy (non-hydrogen) atoms. The van der Waals surface area contributed by atoms with Crippen molar-refractivity contribution in [3.8, 4) is 0 Å². The van der Waals surface area contributed by atoms with Crippen molar-refractivity contribution in [1.29, 1.82) is 0 Å². The lowest BCUT2D eigenvalue weighted by Crippen LogP contribution is -2.56. The van der Waals surface area contributed by atoms with Gasteiger partial charge in [-0.2, -0.15) is 0 Å². The summed E-state index contributed by atoms with van der Waals surface area (Å²) < 4.78 is 2.18. The second-order valence-corrected chi connectivity index (χ2v) is 14.3. The predicted molar refractivity (Wildman–Crippen MR) is 203 cm³/mol. The normalized spacial score (nSPS) is 19.4. The number of hydroxylamine groups is 2. The second kappa shape index (κ2) is 16.1. The number of hydrogen-bond donors (Lipinski definition) is 1. The van der Waals surface area contributed by atoms with Gasteiger partial charge in [0.15, 0.2) is 0 Å². The van der Waals surface area contributed by atoms with Crippen LogP contribution in [0.25, 0.3) is 0 Å². The molecule has 0 radical (unpaired) electrons. The quantitative estimate of drug-likeness (QED) is 0.113. The molecule has 8 heteroatoms. The Bertz CT molecular complexity index is 1800. The molecule has 2 heterocycles. The fourth-order valence-electron chi connectivity index (χ4n) is 8.58. The van der Waals surface area contributed by atoms with Crippen molar-refractivity contribution in [3.63, 3.8) is 0 Å². The number of nitrogens with zero attached hydrogens (tertiary/aromatic N) is 4. The van der Waals surface area contributed by atoms with Gasteiger partial charge in [0.1, 0.15) is 5.54 Å². The lowest BCUT2D eigenvalue weighted by molar-refractivity contribution is -0.171. The van der Waals surface area contributed by atoms with Crippen molar-refractivity contribution < 1.29 is 14.4 Å². The Morgan fingerprint density at radius 3 is 1.92 bits per heavy atom. The first kappa shape index (κ1) is 35.4. The molecule has 4 atom stereocenters. The van der Waals surface area contributed by atoms with Crippen LogP contribution in [0.15, 0.2) is 134 Å². The van der Waals surface area contributed by atoms with E-state index in [4.69, 9.17) is 9.82 Å². The molecule has 7 rings (SSSR count). The van der Waals surface area contributed by atoms with E-state index in [-0.39, 0.29) is 17.9 Å². The van der Waals surface area contributed by atoms with Gasteiger partial charge < -0.3 is 14.8 Å². The number of benzene rings is 4. The van der Waals surface area contributed by atoms with Crippen LogP contribution in [-0.2, 0) is 21.6 Å². The first-order valence-corrected chi connectivity index (χ1v) is 18.6. The van der Waals surface area contributed by atoms with Crippen LogP contribution in [0.3, 0.4) is 0 Å². The topological polar surface area (TPSA) is 79.7 Å². The maximum absolute atomic E-state index is 13.9. The minimum absolute atomic E-state index is 0.0327. The van der Waals surface area contributed by atoms with Crippen molar-refractivity contribution >= 4 is 11.8 Å². The van der Waals surface area contributed by atoms with Gasteiger partial charge in [-0.1, -0.05) is 128 Å². The number of likely N-dealkylation sites (N-methyl/N-ethyl adjacent to an activating group) is 1. The standard InChI is InChI=1S/C44H49N5O3/c1-47(52-2)43(51)41(45-29-40-27-34-19-15-16-20-35(34)30-49(40)42(50)33-17-7-3-8-18-33)28-39-31-48(32-46-39)44(36-21-9-4-10-22-36,37-23-11-5-12-24-37)38-25-13-6-14-26-38/h3-14,17-18,21-26,31-32,34-35,40-41,45H,15-16,19-20,27-30H2,1-2H3/t34-,35-,40+,41?/m0/s1. The summed E-state index contributed by atoms with van der Waals surface area (Å²) in [7, 11) is 3.14. The van der Waals surface area contributed by atoms with Crippen LogP contribution in [0.2, 0.25) is 0 Å². The Balaban J connectivity index is 1.20. The van der Waals surface area contributed by atoms with Crippen LogP contribution >= 0.6 is 0 Å². The molecule has 2 amide bonds. The lowest BCUT2D eigenvalue weighted by atomic mass is 9.72. The Morgan fingerprint density at radius 2 is 1.37 bits per heavy atom. The number of piperidine rings is 1. The number of carbonyl (C=O) groups excluding carboxylic acids is 2. The number of amides is 2. The van der Waals surface area contributed by atoms with Gasteiger partial charge >= 0.3 is 0 Å². The molecule has 1 aromatic heterocycles. The number of carbonyl (C=O) groups is 2. The predicted octanol–water partition coefficient (Wildman–Crippen LogP) is 6.96. The molecule has 1 saturated carbocycles. The highest BCUT2D eigenvalue weighted by Crippen LogP contribution is 2.41. The number of likely N-dealkylation sites (tertiary alicyclic amines) is 1. The van der Waals surface area contributed by atoms with E-state index in [1.165, 1.54) is 37.9 Å². The van der Waals surface area contributed by atoms with Gasteiger partial charge in [-0.15, -0.1) is 0 Å². The number of aromatic nitrogens is 2. The molecule has 0 spiro atoms. The molecule has 2 fully saturated rings. The first-order valence-electron chi connectivity index (χ1n) is 18.6. The molecule has 1 N–H and O–H groups in total. The molecule has 2 aliphatic rings. The number of imidazole rings is 1. The summed E-state index contributed by atoms with van der Waals surface area (Å²) in [4.78, 5) is 40.3. The van der Waals surface area contributed by atoms with Gasteiger partial charge in [0, 0.05) is 44.4 Å². The Morgan fingerprint density at radius 1 is 0.827 bits per heavy atom. The van der Waals surface area contributed by atoms with E-state index in [2.05, 4.69) is 93.8 Å². The highest BCUT2D eigenvalue weighted by Gasteiger charge is 2.41. The van der Waals surface area contributed by atoms with Crippen molar-refractivity contribution in [2.24, 2.45) is 11.8 Å². The average molecular weight is 696 g/mol. The minimum atomic E-state index is -0.706. The third-order valence-corrected chi connectivity index (χ3v) is 11.3. The van der Waals surface area contributed by atoms with E-state index >= 15 is 0 Å². The molecule has 1 unspecified atom stereocenters. The lowest BCUT2D eigenvalue weighted by Gasteiger charge is -2.46. The highest BCUT2D eigenvalue weighted by molar-refractivity contribution is 5.94. The number of rotatable bonds is 12. The molecule has 5 aromatic rings. The van der Waals surface area contributed by atoms with Gasteiger partial charge in [-0.3, -0.25) is 14.4 Å². The van der Waals surface area contributed by atoms with Crippen LogP contribution in [0.4, 0.5) is 0 Å². The summed E-state index contributed by atoms with van der Waals surface area (Å²) >= 11 is 0. The highest BCUT2D eigenvalue weighted by atomic mass is 16.7. The average Bonchev–Trinajstić information content (AvgIpc) is 3.68. The molecule has 0 bridgehead atoms. The first-order chi connectivity index (χ1) is 25.5. The second-order valence-electron chi connectivity index (χ2n) is 14.3. The van der Waals surface area contributed by atoms with Gasteiger partial charge in [-0.25, -0.2) is 10.0 Å². The van der Waals surface area contributed by atoms with Crippen LogP contribution in [0.5, 0.6) is 0 Å². The molecule has 1 saturated heterocycles. The maximum atomic E-state index is 13.9. The van der Waals surface area contributed by atoms with Crippen molar-refractivity contribution in [1.82, 2.24) is 24.8 Å². The zero-order valence-electron chi connectivity index (χ0n) is 30.2. The van der Waals surface area contributed by atoms with E-state index in [1.54, 1.807) is 7.05 Å². The zero-order chi connectivity index (χ0) is 35.9. The maximum Gasteiger partial charge on any atom is 0.263 e. The molecular weight excluding hydrogens is 647 g/mol. The fraction of sp³-hybridized carbons (Fsp3) is 0.341.